The van der Waals surface area contributed by atoms with Gasteiger partial charge < -0.3 is 5.32 Å². The van der Waals surface area contributed by atoms with Crippen LogP contribution >= 0.6 is 0 Å². The van der Waals surface area contributed by atoms with Crippen LogP contribution in [-0.2, 0) is 4.79 Å². The van der Waals surface area contributed by atoms with Crippen LogP contribution in [0.5, 0.6) is 0 Å². The summed E-state index contributed by atoms with van der Waals surface area (Å²) in [7, 11) is 1.97. The van der Waals surface area contributed by atoms with Gasteiger partial charge in [-0.1, -0.05) is 0 Å². The summed E-state index contributed by atoms with van der Waals surface area (Å²) in [5.74, 6) is 1.49. The number of nitrogens with one attached hydrogen (secondary N) is 3. The maximum absolute atomic E-state index is 13.2. The molecule has 23 heavy (non-hydrogen) atoms. The van der Waals surface area contributed by atoms with Gasteiger partial charge in [0.05, 0.1) is 6.17 Å². The van der Waals surface area contributed by atoms with Gasteiger partial charge in [0.2, 0.25) is 5.91 Å². The van der Waals surface area contributed by atoms with Crippen LogP contribution in [0.15, 0.2) is 0 Å². The third-order valence-corrected chi connectivity index (χ3v) is 5.72. The molecular weight excluding hydrogens is 295 g/mol. The average Bonchev–Trinajstić information content (AvgIpc) is 2.98. The van der Waals surface area contributed by atoms with Gasteiger partial charge in [0.1, 0.15) is 12.2 Å². The lowest BCUT2D eigenvalue weighted by atomic mass is 9.80. The average molecular weight is 326 g/mol. The summed E-state index contributed by atoms with van der Waals surface area (Å²) in [6.45, 7) is 1.89. The molecule has 6 heteroatoms. The highest BCUT2D eigenvalue weighted by molar-refractivity contribution is 5.82. The predicted octanol–water partition coefficient (Wildman–Crippen LogP) is 1.56. The van der Waals surface area contributed by atoms with Crippen molar-refractivity contribution in [3.05, 3.63) is 0 Å². The molecule has 3 fully saturated rings. The number of hydrazine groups is 1. The molecule has 1 aliphatic carbocycles. The maximum atomic E-state index is 13.2. The molecule has 2 saturated heterocycles. The Morgan fingerprint density at radius 3 is 2.48 bits per heavy atom. The topological polar surface area (TPSA) is 56.4 Å². The second-order valence-corrected chi connectivity index (χ2v) is 7.66. The van der Waals surface area contributed by atoms with Crippen LogP contribution in [-0.4, -0.2) is 49.4 Å². The molecule has 0 aromatic heterocycles. The van der Waals surface area contributed by atoms with Gasteiger partial charge in [-0.25, -0.2) is 14.8 Å². The number of carbonyl (C=O) groups is 1. The van der Waals surface area contributed by atoms with E-state index in [0.717, 1.165) is 58.0 Å². The van der Waals surface area contributed by atoms with E-state index >= 15 is 0 Å². The number of nitrogens with zero attached hydrogens (tertiary/aromatic N) is 1. The number of amides is 1. The van der Waals surface area contributed by atoms with Crippen LogP contribution in [0.1, 0.15) is 51.4 Å². The van der Waals surface area contributed by atoms with E-state index < -0.39 is 6.17 Å². The summed E-state index contributed by atoms with van der Waals surface area (Å²) >= 11 is 0. The SMILES string of the molecule is CN1CCC(C(=O)NC2CCC(CC3CCC(F)CC3)CN2)N1. The van der Waals surface area contributed by atoms with Crippen LogP contribution < -0.4 is 16.1 Å². The van der Waals surface area contributed by atoms with Crippen molar-refractivity contribution in [2.24, 2.45) is 11.8 Å². The van der Waals surface area contributed by atoms with E-state index in [2.05, 4.69) is 16.1 Å². The van der Waals surface area contributed by atoms with Gasteiger partial charge >= 0.3 is 0 Å². The minimum atomic E-state index is -0.557. The zero-order chi connectivity index (χ0) is 16.2. The van der Waals surface area contributed by atoms with Gasteiger partial charge in [-0.2, -0.15) is 0 Å². The molecule has 1 saturated carbocycles. The van der Waals surface area contributed by atoms with Crippen molar-refractivity contribution < 1.29 is 9.18 Å². The minimum absolute atomic E-state index is 0.0876. The van der Waals surface area contributed by atoms with Gasteiger partial charge in [0.25, 0.3) is 0 Å². The van der Waals surface area contributed by atoms with Crippen LogP contribution in [0.25, 0.3) is 0 Å². The summed E-state index contributed by atoms with van der Waals surface area (Å²) < 4.78 is 13.2. The summed E-state index contributed by atoms with van der Waals surface area (Å²) in [4.78, 5) is 12.2. The second-order valence-electron chi connectivity index (χ2n) is 7.66. The molecule has 3 unspecified atom stereocenters. The molecule has 2 aliphatic heterocycles. The van der Waals surface area contributed by atoms with E-state index in [1.807, 2.05) is 12.1 Å². The van der Waals surface area contributed by atoms with Crippen LogP contribution in [0.3, 0.4) is 0 Å². The Morgan fingerprint density at radius 1 is 1.13 bits per heavy atom. The molecule has 0 spiro atoms. The van der Waals surface area contributed by atoms with E-state index in [1.54, 1.807) is 0 Å². The fourth-order valence-corrected chi connectivity index (χ4v) is 4.25. The number of alkyl halides is 1. The first-order chi connectivity index (χ1) is 11.1. The highest BCUT2D eigenvalue weighted by atomic mass is 19.1. The Hall–Kier alpha value is -0.720. The molecule has 2 heterocycles. The lowest BCUT2D eigenvalue weighted by Gasteiger charge is -2.34. The number of halogens is 1. The van der Waals surface area contributed by atoms with Crippen molar-refractivity contribution in [3.8, 4) is 0 Å². The predicted molar refractivity (Wildman–Crippen MR) is 88.3 cm³/mol. The normalized spacial score (nSPS) is 39.3. The number of rotatable bonds is 4. The maximum Gasteiger partial charge on any atom is 0.239 e. The fourth-order valence-electron chi connectivity index (χ4n) is 4.25. The quantitative estimate of drug-likeness (QED) is 0.734. The van der Waals surface area contributed by atoms with Crippen molar-refractivity contribution in [2.75, 3.05) is 20.1 Å². The Kier molecular flexibility index (Phi) is 5.88. The zero-order valence-corrected chi connectivity index (χ0v) is 14.2. The van der Waals surface area contributed by atoms with Crippen molar-refractivity contribution in [1.82, 2.24) is 21.1 Å². The molecule has 3 N–H and O–H groups in total. The smallest absolute Gasteiger partial charge is 0.239 e. The Bertz CT molecular complexity index is 392. The van der Waals surface area contributed by atoms with E-state index in [-0.39, 0.29) is 18.1 Å². The molecule has 3 atom stereocenters. The highest BCUT2D eigenvalue weighted by Gasteiger charge is 2.30. The van der Waals surface area contributed by atoms with E-state index in [9.17, 15) is 9.18 Å². The Morgan fingerprint density at radius 2 is 1.87 bits per heavy atom. The van der Waals surface area contributed by atoms with E-state index in [0.29, 0.717) is 11.8 Å². The number of carbonyl (C=O) groups excluding carboxylic acids is 1. The molecular formula is C17H31FN4O. The molecule has 3 rings (SSSR count). The third kappa shape index (κ3) is 4.88. The minimum Gasteiger partial charge on any atom is -0.339 e. The van der Waals surface area contributed by atoms with Gasteiger partial charge in [0.15, 0.2) is 0 Å². The number of hydrogen-bond acceptors (Lipinski definition) is 4. The first-order valence-corrected chi connectivity index (χ1v) is 9.25. The lowest BCUT2D eigenvalue weighted by molar-refractivity contribution is -0.124. The van der Waals surface area contributed by atoms with Crippen LogP contribution in [0.2, 0.25) is 0 Å². The molecule has 5 nitrogen and oxygen atoms in total. The molecule has 0 aromatic carbocycles. The first-order valence-electron chi connectivity index (χ1n) is 9.25. The molecule has 0 aromatic rings. The molecule has 0 radical (unpaired) electrons. The number of hydrogen-bond donors (Lipinski definition) is 3. The van der Waals surface area contributed by atoms with Crippen molar-refractivity contribution in [1.29, 1.82) is 0 Å². The van der Waals surface area contributed by atoms with Gasteiger partial charge in [0, 0.05) is 13.6 Å². The molecule has 3 aliphatic rings. The van der Waals surface area contributed by atoms with Crippen molar-refractivity contribution in [3.63, 3.8) is 0 Å². The van der Waals surface area contributed by atoms with Gasteiger partial charge in [-0.3, -0.25) is 10.1 Å². The lowest BCUT2D eigenvalue weighted by Crippen LogP contribution is -2.54. The molecule has 0 bridgehead atoms. The fraction of sp³-hybridized carbons (Fsp3) is 0.941. The standard InChI is InChI=1S/C17H31FN4O/c1-22-9-8-15(21-22)17(23)20-16-7-4-13(11-19-16)10-12-2-5-14(18)6-3-12/h12-16,19,21H,2-11H2,1H3,(H,20,23). The second kappa shape index (κ2) is 7.90. The van der Waals surface area contributed by atoms with Crippen LogP contribution in [0, 0.1) is 11.8 Å². The van der Waals surface area contributed by atoms with Gasteiger partial charge in [-0.15, -0.1) is 0 Å². The molecule has 1 amide bonds. The Labute approximate surface area is 138 Å². The number of piperidine rings is 1. The van der Waals surface area contributed by atoms with Crippen molar-refractivity contribution >= 4 is 5.91 Å². The zero-order valence-electron chi connectivity index (χ0n) is 14.2. The Balaban J connectivity index is 1.34. The van der Waals surface area contributed by atoms with E-state index in [1.165, 1.54) is 6.42 Å². The summed E-state index contributed by atoms with van der Waals surface area (Å²) in [5.41, 5.74) is 3.17. The van der Waals surface area contributed by atoms with E-state index in [4.69, 9.17) is 0 Å². The first kappa shape index (κ1) is 17.1. The highest BCUT2D eigenvalue weighted by Crippen LogP contribution is 2.32. The monoisotopic (exact) mass is 326 g/mol. The summed E-state index contributed by atoms with van der Waals surface area (Å²) in [6.07, 6.45) is 7.41. The summed E-state index contributed by atoms with van der Waals surface area (Å²) in [6, 6.07) is -0.0876. The summed E-state index contributed by atoms with van der Waals surface area (Å²) in [5, 5.41) is 8.58. The van der Waals surface area contributed by atoms with Gasteiger partial charge in [-0.05, 0) is 69.7 Å². The third-order valence-electron chi connectivity index (χ3n) is 5.72. The largest absolute Gasteiger partial charge is 0.339 e. The molecule has 132 valence electrons. The van der Waals surface area contributed by atoms with Crippen LogP contribution in [0.4, 0.5) is 4.39 Å². The van der Waals surface area contributed by atoms with Crippen molar-refractivity contribution in [2.45, 2.75) is 69.7 Å².